The largest absolute Gasteiger partial charge is 0.494 e. The summed E-state index contributed by atoms with van der Waals surface area (Å²) >= 11 is 5.84. The molecule has 6 heteroatoms. The Bertz CT molecular complexity index is 747. The molecule has 0 aliphatic rings. The molecular weight excluding hydrogens is 345 g/mol. The zero-order valence-corrected chi connectivity index (χ0v) is 15.4. The molecule has 0 saturated heterocycles. The van der Waals surface area contributed by atoms with Crippen LogP contribution in [0.3, 0.4) is 0 Å². The Morgan fingerprint density at radius 1 is 1.20 bits per heavy atom. The highest BCUT2D eigenvalue weighted by Gasteiger charge is 2.31. The summed E-state index contributed by atoms with van der Waals surface area (Å²) in [5.74, 6) is -0.0923. The van der Waals surface area contributed by atoms with Crippen molar-refractivity contribution < 1.29 is 18.7 Å². The summed E-state index contributed by atoms with van der Waals surface area (Å²) in [6.45, 7) is 5.11. The summed E-state index contributed by atoms with van der Waals surface area (Å²) in [5, 5.41) is 3.42. The summed E-state index contributed by atoms with van der Waals surface area (Å²) in [6, 6.07) is 11.0. The quantitative estimate of drug-likeness (QED) is 0.818. The maximum absolute atomic E-state index is 13.8. The fourth-order valence-corrected chi connectivity index (χ4v) is 2.38. The molecule has 0 aromatic heterocycles. The van der Waals surface area contributed by atoms with Crippen LogP contribution in [0.4, 0.5) is 4.39 Å². The van der Waals surface area contributed by atoms with Crippen molar-refractivity contribution in [2.45, 2.75) is 32.4 Å². The number of methoxy groups -OCH3 is 1. The number of nitrogens with one attached hydrogen (secondary N) is 1. The molecule has 0 saturated carbocycles. The van der Waals surface area contributed by atoms with Gasteiger partial charge >= 0.3 is 0 Å². The minimum Gasteiger partial charge on any atom is -0.494 e. The number of hydrogen-bond donors (Lipinski definition) is 1. The molecule has 25 heavy (non-hydrogen) atoms. The van der Waals surface area contributed by atoms with E-state index >= 15 is 0 Å². The third-order valence-corrected chi connectivity index (χ3v) is 4.01. The van der Waals surface area contributed by atoms with Crippen LogP contribution in [-0.2, 0) is 4.79 Å². The first-order valence-electron chi connectivity index (χ1n) is 7.82. The number of carbonyl (C=O) groups excluding carboxylic acids is 1. The summed E-state index contributed by atoms with van der Waals surface area (Å²) in [5.41, 5.74) is -0.471. The molecule has 1 N–H and O–H groups in total. The maximum atomic E-state index is 13.8. The lowest BCUT2D eigenvalue weighted by atomic mass is 10.0. The molecule has 0 aliphatic heterocycles. The Morgan fingerprint density at radius 3 is 2.40 bits per heavy atom. The second kappa shape index (κ2) is 7.74. The molecule has 2 aromatic rings. The summed E-state index contributed by atoms with van der Waals surface area (Å²) in [7, 11) is 1.40. The third kappa shape index (κ3) is 4.86. The smallest absolute Gasteiger partial charge is 0.264 e. The van der Waals surface area contributed by atoms with Gasteiger partial charge in [-0.2, -0.15) is 0 Å². The maximum Gasteiger partial charge on any atom is 0.264 e. The van der Waals surface area contributed by atoms with Crippen LogP contribution < -0.4 is 14.8 Å². The Labute approximate surface area is 151 Å². The zero-order chi connectivity index (χ0) is 18.6. The van der Waals surface area contributed by atoms with Crippen molar-refractivity contribution in [2.75, 3.05) is 7.11 Å². The van der Waals surface area contributed by atoms with Crippen molar-refractivity contribution in [3.05, 3.63) is 58.9 Å². The van der Waals surface area contributed by atoms with Crippen LogP contribution in [0, 0.1) is 5.82 Å². The molecule has 0 fully saturated rings. The Morgan fingerprint density at radius 2 is 1.84 bits per heavy atom. The molecule has 0 heterocycles. The third-order valence-electron chi connectivity index (χ3n) is 3.76. The van der Waals surface area contributed by atoms with Gasteiger partial charge in [-0.25, -0.2) is 4.39 Å². The van der Waals surface area contributed by atoms with Crippen molar-refractivity contribution in [1.29, 1.82) is 0 Å². The van der Waals surface area contributed by atoms with Gasteiger partial charge in [0.2, 0.25) is 0 Å². The molecule has 0 spiro atoms. The van der Waals surface area contributed by atoms with E-state index in [2.05, 4.69) is 5.32 Å². The Balaban J connectivity index is 2.06. The lowest BCUT2D eigenvalue weighted by molar-refractivity contribution is -0.134. The van der Waals surface area contributed by atoms with E-state index in [-0.39, 0.29) is 17.7 Å². The highest BCUT2D eigenvalue weighted by Crippen LogP contribution is 2.24. The molecule has 134 valence electrons. The fourth-order valence-electron chi connectivity index (χ4n) is 2.25. The van der Waals surface area contributed by atoms with Gasteiger partial charge in [0.05, 0.1) is 13.2 Å². The van der Waals surface area contributed by atoms with Gasteiger partial charge in [0.1, 0.15) is 5.75 Å². The molecule has 1 atom stereocenters. The molecule has 0 radical (unpaired) electrons. The molecule has 0 aliphatic carbocycles. The number of amides is 1. The van der Waals surface area contributed by atoms with Gasteiger partial charge in [-0.3, -0.25) is 4.79 Å². The molecule has 2 rings (SSSR count). The van der Waals surface area contributed by atoms with Crippen LogP contribution in [0.1, 0.15) is 32.4 Å². The minimum atomic E-state index is -1.10. The zero-order valence-electron chi connectivity index (χ0n) is 14.6. The van der Waals surface area contributed by atoms with Gasteiger partial charge in [0.25, 0.3) is 5.91 Å². The van der Waals surface area contributed by atoms with Gasteiger partial charge < -0.3 is 14.8 Å². The lowest BCUT2D eigenvalue weighted by Gasteiger charge is -2.27. The van der Waals surface area contributed by atoms with Gasteiger partial charge in [-0.05, 0) is 62.7 Å². The van der Waals surface area contributed by atoms with Crippen LogP contribution in [0.15, 0.2) is 42.5 Å². The fraction of sp³-hybridized carbons (Fsp3) is 0.316. The lowest BCUT2D eigenvalue weighted by Crippen LogP contribution is -2.47. The van der Waals surface area contributed by atoms with E-state index in [0.29, 0.717) is 16.3 Å². The van der Waals surface area contributed by atoms with E-state index in [1.54, 1.807) is 51.1 Å². The van der Waals surface area contributed by atoms with Crippen molar-refractivity contribution >= 4 is 17.5 Å². The van der Waals surface area contributed by atoms with Crippen molar-refractivity contribution in [3.8, 4) is 11.5 Å². The van der Waals surface area contributed by atoms with Crippen LogP contribution in [0.25, 0.3) is 0 Å². The van der Waals surface area contributed by atoms with Crippen molar-refractivity contribution in [2.24, 2.45) is 0 Å². The summed E-state index contributed by atoms with van der Waals surface area (Å²) in [4.78, 5) is 12.5. The van der Waals surface area contributed by atoms with E-state index in [4.69, 9.17) is 21.1 Å². The van der Waals surface area contributed by atoms with E-state index in [0.717, 1.165) is 0 Å². The SMILES string of the molecule is COc1ccc([C@H](C)NC(=O)C(C)(C)Oc2ccc(Cl)cc2)cc1F. The second-order valence-electron chi connectivity index (χ2n) is 6.16. The topological polar surface area (TPSA) is 47.6 Å². The van der Waals surface area contributed by atoms with Crippen LogP contribution >= 0.6 is 11.6 Å². The summed E-state index contributed by atoms with van der Waals surface area (Å²) in [6.07, 6.45) is 0. The molecule has 2 aromatic carbocycles. The number of ether oxygens (including phenoxy) is 2. The minimum absolute atomic E-state index is 0.161. The average Bonchev–Trinajstić information content (AvgIpc) is 2.56. The molecule has 1 amide bonds. The monoisotopic (exact) mass is 365 g/mol. The highest BCUT2D eigenvalue weighted by molar-refractivity contribution is 6.30. The van der Waals surface area contributed by atoms with E-state index in [1.165, 1.54) is 19.2 Å². The van der Waals surface area contributed by atoms with E-state index in [9.17, 15) is 9.18 Å². The van der Waals surface area contributed by atoms with E-state index < -0.39 is 11.4 Å². The van der Waals surface area contributed by atoms with E-state index in [1.807, 2.05) is 0 Å². The standard InChI is InChI=1S/C19H21ClFNO3/c1-12(13-5-10-17(24-4)16(21)11-13)22-18(23)19(2,3)25-15-8-6-14(20)7-9-15/h5-12H,1-4H3,(H,22,23)/t12-/m0/s1. The predicted octanol–water partition coefficient (Wildman–Crippen LogP) is 4.52. The first-order chi connectivity index (χ1) is 11.7. The van der Waals surface area contributed by atoms with Crippen LogP contribution in [0.2, 0.25) is 5.02 Å². The van der Waals surface area contributed by atoms with Crippen molar-refractivity contribution in [3.63, 3.8) is 0 Å². The van der Waals surface area contributed by atoms with Crippen LogP contribution in [0.5, 0.6) is 11.5 Å². The Hall–Kier alpha value is -2.27. The highest BCUT2D eigenvalue weighted by atomic mass is 35.5. The van der Waals surface area contributed by atoms with Crippen LogP contribution in [-0.4, -0.2) is 18.6 Å². The van der Waals surface area contributed by atoms with Crippen molar-refractivity contribution in [1.82, 2.24) is 5.32 Å². The first kappa shape index (κ1) is 19.1. The number of carbonyl (C=O) groups is 1. The normalized spacial score (nSPS) is 12.4. The van der Waals surface area contributed by atoms with Gasteiger partial charge in [0.15, 0.2) is 17.2 Å². The molecule has 0 bridgehead atoms. The second-order valence-corrected chi connectivity index (χ2v) is 6.59. The average molecular weight is 366 g/mol. The predicted molar refractivity (Wildman–Crippen MR) is 95.7 cm³/mol. The summed E-state index contributed by atoms with van der Waals surface area (Å²) < 4.78 is 24.5. The molecular formula is C19H21ClFNO3. The number of benzene rings is 2. The van der Waals surface area contributed by atoms with Gasteiger partial charge in [-0.15, -0.1) is 0 Å². The first-order valence-corrected chi connectivity index (χ1v) is 8.19. The number of rotatable bonds is 6. The number of halogens is 2. The molecule has 0 unspecified atom stereocenters. The Kier molecular flexibility index (Phi) is 5.90. The van der Waals surface area contributed by atoms with Gasteiger partial charge in [-0.1, -0.05) is 17.7 Å². The molecule has 4 nitrogen and oxygen atoms in total. The number of hydrogen-bond acceptors (Lipinski definition) is 3. The van der Waals surface area contributed by atoms with Gasteiger partial charge in [0, 0.05) is 5.02 Å².